The molecule has 0 amide bonds. The topological polar surface area (TPSA) is 95.6 Å². The summed E-state index contributed by atoms with van der Waals surface area (Å²) in [5, 5.41) is 8.49. The number of para-hydroxylation sites is 1. The molecule has 6 aromatic rings. The molecular formula is C30H26FN7O. The number of rotatable bonds is 7. The molecule has 8 nitrogen and oxygen atoms in total. The first-order chi connectivity index (χ1) is 19.2. The van der Waals surface area contributed by atoms with Gasteiger partial charge >= 0.3 is 0 Å². The molecule has 2 N–H and O–H groups in total. The summed E-state index contributed by atoms with van der Waals surface area (Å²) in [6, 6.07) is 16.3. The predicted molar refractivity (Wildman–Crippen MR) is 149 cm³/mol. The molecule has 2 aromatic carbocycles. The van der Waals surface area contributed by atoms with Crippen LogP contribution in [0, 0.1) is 5.82 Å². The smallest absolute Gasteiger partial charge is 0.159 e. The van der Waals surface area contributed by atoms with Gasteiger partial charge in [-0.25, -0.2) is 9.37 Å². The van der Waals surface area contributed by atoms with Crippen molar-refractivity contribution < 1.29 is 9.13 Å². The Hall–Kier alpha value is -4.63. The van der Waals surface area contributed by atoms with Crippen LogP contribution in [0.1, 0.15) is 12.8 Å². The first kappa shape index (κ1) is 23.5. The third kappa shape index (κ3) is 4.61. The van der Waals surface area contributed by atoms with Gasteiger partial charge in [0.1, 0.15) is 23.9 Å². The molecule has 0 aliphatic carbocycles. The molecule has 1 aliphatic heterocycles. The molecule has 39 heavy (non-hydrogen) atoms. The van der Waals surface area contributed by atoms with Gasteiger partial charge in [-0.2, -0.15) is 5.10 Å². The molecule has 0 saturated carbocycles. The Morgan fingerprint density at radius 1 is 0.923 bits per heavy atom. The fraction of sp³-hybridized carbons (Fsp3) is 0.200. The van der Waals surface area contributed by atoms with Crippen molar-refractivity contribution >= 4 is 21.9 Å². The first-order valence-electron chi connectivity index (χ1n) is 13.1. The largest absolute Gasteiger partial charge is 0.491 e. The average Bonchev–Trinajstić information content (AvgIpc) is 3.72. The highest BCUT2D eigenvalue weighted by molar-refractivity contribution is 5.97. The summed E-state index contributed by atoms with van der Waals surface area (Å²) in [5.74, 6) is 1.06. The molecule has 0 bridgehead atoms. The summed E-state index contributed by atoms with van der Waals surface area (Å²) in [6.45, 7) is 3.85. The zero-order chi connectivity index (χ0) is 26.2. The number of H-pyrrole nitrogens is 2. The first-order valence-corrected chi connectivity index (χ1v) is 13.1. The van der Waals surface area contributed by atoms with Gasteiger partial charge in [0, 0.05) is 29.3 Å². The summed E-state index contributed by atoms with van der Waals surface area (Å²) in [6.07, 6.45) is 7.82. The van der Waals surface area contributed by atoms with E-state index in [1.807, 2.05) is 36.4 Å². The fourth-order valence-electron chi connectivity index (χ4n) is 5.23. The number of ether oxygens (including phenoxy) is 1. The van der Waals surface area contributed by atoms with E-state index < -0.39 is 0 Å². The van der Waals surface area contributed by atoms with Crippen LogP contribution in [0.4, 0.5) is 4.39 Å². The van der Waals surface area contributed by atoms with Gasteiger partial charge in [0.2, 0.25) is 0 Å². The second-order valence-corrected chi connectivity index (χ2v) is 9.79. The van der Waals surface area contributed by atoms with Gasteiger partial charge in [-0.3, -0.25) is 20.0 Å². The van der Waals surface area contributed by atoms with Crippen molar-refractivity contribution in [2.45, 2.75) is 12.8 Å². The van der Waals surface area contributed by atoms with Crippen LogP contribution in [0.2, 0.25) is 0 Å². The van der Waals surface area contributed by atoms with Crippen molar-refractivity contribution in [3.8, 4) is 39.7 Å². The number of hydrogen-bond acceptors (Lipinski definition) is 6. The number of pyridine rings is 2. The number of hydrogen-bond donors (Lipinski definition) is 2. The van der Waals surface area contributed by atoms with Gasteiger partial charge in [-0.1, -0.05) is 24.3 Å². The summed E-state index contributed by atoms with van der Waals surface area (Å²) in [7, 11) is 0. The monoisotopic (exact) mass is 519 g/mol. The van der Waals surface area contributed by atoms with Crippen LogP contribution in [0.15, 0.2) is 73.2 Å². The molecule has 0 atom stereocenters. The number of fused-ring (bicyclic) bond motifs is 2. The Morgan fingerprint density at radius 3 is 2.72 bits per heavy atom. The predicted octanol–water partition coefficient (Wildman–Crippen LogP) is 5.84. The highest BCUT2D eigenvalue weighted by atomic mass is 19.1. The quantitative estimate of drug-likeness (QED) is 0.275. The van der Waals surface area contributed by atoms with E-state index >= 15 is 0 Å². The lowest BCUT2D eigenvalue weighted by molar-refractivity contribution is 0.237. The van der Waals surface area contributed by atoms with Crippen molar-refractivity contribution in [1.82, 2.24) is 35.0 Å². The van der Waals surface area contributed by atoms with Gasteiger partial charge < -0.3 is 9.72 Å². The lowest BCUT2D eigenvalue weighted by atomic mass is 10.0. The van der Waals surface area contributed by atoms with Crippen LogP contribution < -0.4 is 4.74 Å². The summed E-state index contributed by atoms with van der Waals surface area (Å²) < 4.78 is 19.9. The van der Waals surface area contributed by atoms with Crippen LogP contribution in [-0.2, 0) is 0 Å². The summed E-state index contributed by atoms with van der Waals surface area (Å²) in [4.78, 5) is 19.7. The van der Waals surface area contributed by atoms with Crippen LogP contribution in [-0.4, -0.2) is 61.3 Å². The highest BCUT2D eigenvalue weighted by Gasteiger charge is 2.17. The van der Waals surface area contributed by atoms with Crippen molar-refractivity contribution in [2.24, 2.45) is 0 Å². The maximum absolute atomic E-state index is 13.9. The van der Waals surface area contributed by atoms with Gasteiger partial charge in [-0.05, 0) is 61.8 Å². The molecule has 5 heterocycles. The minimum absolute atomic E-state index is 0.283. The Labute approximate surface area is 223 Å². The van der Waals surface area contributed by atoms with Gasteiger partial charge in [0.05, 0.1) is 34.6 Å². The van der Waals surface area contributed by atoms with E-state index in [0.29, 0.717) is 18.1 Å². The van der Waals surface area contributed by atoms with Crippen LogP contribution in [0.5, 0.6) is 5.75 Å². The number of likely N-dealkylation sites (tertiary alicyclic amines) is 1. The Balaban J connectivity index is 1.20. The van der Waals surface area contributed by atoms with Crippen molar-refractivity contribution in [3.05, 3.63) is 79.0 Å². The minimum Gasteiger partial charge on any atom is -0.491 e. The van der Waals surface area contributed by atoms with Gasteiger partial charge in [0.15, 0.2) is 5.82 Å². The Kier molecular flexibility index (Phi) is 5.97. The molecule has 9 heteroatoms. The molecule has 7 rings (SSSR count). The zero-order valence-corrected chi connectivity index (χ0v) is 21.2. The number of aromatic amines is 2. The lowest BCUT2D eigenvalue weighted by Crippen LogP contribution is -2.25. The van der Waals surface area contributed by atoms with E-state index in [4.69, 9.17) is 9.72 Å². The minimum atomic E-state index is -0.283. The third-order valence-corrected chi connectivity index (χ3v) is 7.20. The van der Waals surface area contributed by atoms with E-state index in [1.54, 1.807) is 24.7 Å². The standard InChI is InChI=1S/C30H26FN7O/c31-21-6-3-5-19(13-21)23-7-4-8-25-28(23)35-30(34-25)29-24-15-26(33-18-27(24)36-37-29)20-14-22(17-32-16-20)39-12-11-38-9-1-2-10-38/h3-8,13-18H,1-2,9-12H2,(H,34,35)(H,36,37). The van der Waals surface area contributed by atoms with Crippen molar-refractivity contribution in [3.63, 3.8) is 0 Å². The van der Waals surface area contributed by atoms with Crippen LogP contribution in [0.3, 0.4) is 0 Å². The Bertz CT molecular complexity index is 1790. The zero-order valence-electron chi connectivity index (χ0n) is 21.2. The molecular weight excluding hydrogens is 493 g/mol. The van der Waals surface area contributed by atoms with E-state index in [-0.39, 0.29) is 5.82 Å². The maximum Gasteiger partial charge on any atom is 0.159 e. The van der Waals surface area contributed by atoms with Gasteiger partial charge in [-0.15, -0.1) is 0 Å². The molecule has 1 aliphatic rings. The van der Waals surface area contributed by atoms with Gasteiger partial charge in [0.25, 0.3) is 0 Å². The lowest BCUT2D eigenvalue weighted by Gasteiger charge is -2.15. The molecule has 0 radical (unpaired) electrons. The number of benzene rings is 2. The van der Waals surface area contributed by atoms with Crippen molar-refractivity contribution in [2.75, 3.05) is 26.2 Å². The SMILES string of the molecule is Fc1cccc(-c2cccc3[nH]c(-c4n[nH]c5cnc(-c6cncc(OCCN7CCCC7)c6)cc45)nc23)c1. The molecule has 0 spiro atoms. The third-order valence-electron chi connectivity index (χ3n) is 7.20. The summed E-state index contributed by atoms with van der Waals surface area (Å²) >= 11 is 0. The molecule has 1 fully saturated rings. The number of nitrogens with one attached hydrogen (secondary N) is 2. The second-order valence-electron chi connectivity index (χ2n) is 9.79. The maximum atomic E-state index is 13.9. The highest BCUT2D eigenvalue weighted by Crippen LogP contribution is 2.33. The normalized spacial score (nSPS) is 14.0. The van der Waals surface area contributed by atoms with E-state index in [9.17, 15) is 4.39 Å². The van der Waals surface area contributed by atoms with Crippen molar-refractivity contribution in [1.29, 1.82) is 0 Å². The summed E-state index contributed by atoms with van der Waals surface area (Å²) in [5.41, 5.74) is 6.33. The number of halogens is 1. The molecule has 1 saturated heterocycles. The fourth-order valence-corrected chi connectivity index (χ4v) is 5.23. The Morgan fingerprint density at radius 2 is 1.82 bits per heavy atom. The number of nitrogens with zero attached hydrogens (tertiary/aromatic N) is 5. The van der Waals surface area contributed by atoms with E-state index in [1.165, 1.54) is 25.0 Å². The second kappa shape index (κ2) is 9.92. The molecule has 4 aromatic heterocycles. The number of aromatic nitrogens is 6. The van der Waals surface area contributed by atoms with Crippen LogP contribution in [0.25, 0.3) is 55.8 Å². The number of imidazole rings is 1. The van der Waals surface area contributed by atoms with E-state index in [2.05, 4.69) is 30.0 Å². The van der Waals surface area contributed by atoms with Crippen LogP contribution >= 0.6 is 0 Å². The van der Waals surface area contributed by atoms with E-state index in [0.717, 1.165) is 69.7 Å². The average molecular weight is 520 g/mol. The molecule has 0 unspecified atom stereocenters. The molecule has 194 valence electrons.